The van der Waals surface area contributed by atoms with Gasteiger partial charge in [-0.15, -0.1) is 0 Å². The highest BCUT2D eigenvalue weighted by molar-refractivity contribution is 7.80. The Morgan fingerprint density at radius 2 is 1.51 bits per heavy atom. The monoisotopic (exact) mass is 510 g/mol. The third-order valence-electron chi connectivity index (χ3n) is 5.02. The SMILES string of the molecule is CCOc1ccc(Cn2cc(NC(=S)Nc3cnn(Cc4ccccc4Cl)c3)cn2)cc1OCC. The highest BCUT2D eigenvalue weighted by atomic mass is 35.5. The van der Waals surface area contributed by atoms with E-state index in [-0.39, 0.29) is 0 Å². The lowest BCUT2D eigenvalue weighted by atomic mass is 10.2. The number of aromatic nitrogens is 4. The van der Waals surface area contributed by atoms with Gasteiger partial charge in [-0.2, -0.15) is 10.2 Å². The van der Waals surface area contributed by atoms with Crippen molar-refractivity contribution in [3.8, 4) is 11.5 Å². The number of rotatable bonds is 10. The molecule has 0 spiro atoms. The van der Waals surface area contributed by atoms with E-state index in [0.717, 1.165) is 34.0 Å². The Bertz CT molecular complexity index is 1290. The molecule has 0 aliphatic heterocycles. The first-order chi connectivity index (χ1) is 17.0. The van der Waals surface area contributed by atoms with Crippen molar-refractivity contribution >= 4 is 40.3 Å². The van der Waals surface area contributed by atoms with Crippen LogP contribution in [-0.4, -0.2) is 37.9 Å². The summed E-state index contributed by atoms with van der Waals surface area (Å²) in [7, 11) is 0. The van der Waals surface area contributed by atoms with Crippen molar-refractivity contribution in [3.63, 3.8) is 0 Å². The zero-order valence-electron chi connectivity index (χ0n) is 19.6. The standard InChI is InChI=1S/C25H27ClN6O2S/c1-3-33-23-10-9-18(11-24(23)34-4-2)14-31-16-20(12-27-31)29-25(35)30-21-13-28-32(17-21)15-19-7-5-6-8-22(19)26/h5-13,16-17H,3-4,14-15H2,1-2H3,(H2,29,30,35). The summed E-state index contributed by atoms with van der Waals surface area (Å²) >= 11 is 11.7. The Morgan fingerprint density at radius 3 is 2.17 bits per heavy atom. The van der Waals surface area contributed by atoms with E-state index in [1.165, 1.54) is 0 Å². The third kappa shape index (κ3) is 6.74. The fraction of sp³-hybridized carbons (Fsp3) is 0.240. The van der Waals surface area contributed by atoms with E-state index in [2.05, 4.69) is 20.8 Å². The number of hydrogen-bond acceptors (Lipinski definition) is 5. The van der Waals surface area contributed by atoms with Crippen LogP contribution in [0.3, 0.4) is 0 Å². The largest absolute Gasteiger partial charge is 0.490 e. The van der Waals surface area contributed by atoms with Crippen LogP contribution < -0.4 is 20.1 Å². The summed E-state index contributed by atoms with van der Waals surface area (Å²) in [5, 5.41) is 16.3. The molecule has 0 unspecified atom stereocenters. The number of nitrogens with one attached hydrogen (secondary N) is 2. The molecule has 0 atom stereocenters. The number of ether oxygens (including phenoxy) is 2. The second kappa shape index (κ2) is 11.7. The molecule has 2 aromatic carbocycles. The van der Waals surface area contributed by atoms with Gasteiger partial charge in [-0.1, -0.05) is 35.9 Å². The molecule has 0 aliphatic rings. The van der Waals surface area contributed by atoms with Gasteiger partial charge >= 0.3 is 0 Å². The molecule has 0 saturated carbocycles. The van der Waals surface area contributed by atoms with Crippen LogP contribution in [0.1, 0.15) is 25.0 Å². The van der Waals surface area contributed by atoms with Gasteiger partial charge in [0.1, 0.15) is 0 Å². The Hall–Kier alpha value is -3.56. The fourth-order valence-electron chi connectivity index (χ4n) is 3.50. The Balaban J connectivity index is 1.33. The lowest BCUT2D eigenvalue weighted by Crippen LogP contribution is -2.18. The quantitative estimate of drug-likeness (QED) is 0.275. The molecule has 0 saturated heterocycles. The van der Waals surface area contributed by atoms with Gasteiger partial charge < -0.3 is 20.1 Å². The molecule has 2 aromatic heterocycles. The Labute approximate surface area is 214 Å². The Morgan fingerprint density at radius 1 is 0.886 bits per heavy atom. The van der Waals surface area contributed by atoms with Gasteiger partial charge in [-0.25, -0.2) is 0 Å². The van der Waals surface area contributed by atoms with Crippen LogP contribution in [-0.2, 0) is 13.1 Å². The molecule has 4 aromatic rings. The highest BCUT2D eigenvalue weighted by Gasteiger charge is 2.09. The Kier molecular flexibility index (Phi) is 8.23. The van der Waals surface area contributed by atoms with Crippen LogP contribution in [0.4, 0.5) is 11.4 Å². The molecule has 4 rings (SSSR count). The number of anilines is 2. The lowest BCUT2D eigenvalue weighted by Gasteiger charge is -2.12. The number of hydrogen-bond donors (Lipinski definition) is 2. The van der Waals surface area contributed by atoms with E-state index >= 15 is 0 Å². The average Bonchev–Trinajstić information content (AvgIpc) is 3.46. The number of benzene rings is 2. The molecule has 0 bridgehead atoms. The van der Waals surface area contributed by atoms with Gasteiger partial charge in [0.05, 0.1) is 50.1 Å². The normalized spacial score (nSPS) is 10.7. The van der Waals surface area contributed by atoms with Crippen molar-refractivity contribution in [3.05, 3.63) is 83.4 Å². The van der Waals surface area contributed by atoms with Crippen LogP contribution in [0, 0.1) is 0 Å². The highest BCUT2D eigenvalue weighted by Crippen LogP contribution is 2.29. The van der Waals surface area contributed by atoms with Crippen LogP contribution in [0.15, 0.2) is 67.3 Å². The lowest BCUT2D eigenvalue weighted by molar-refractivity contribution is 0.287. The summed E-state index contributed by atoms with van der Waals surface area (Å²) in [5.74, 6) is 1.48. The summed E-state index contributed by atoms with van der Waals surface area (Å²) in [5.41, 5.74) is 3.61. The van der Waals surface area contributed by atoms with Crippen molar-refractivity contribution in [1.82, 2.24) is 19.6 Å². The van der Waals surface area contributed by atoms with E-state index in [9.17, 15) is 0 Å². The van der Waals surface area contributed by atoms with Crippen molar-refractivity contribution in [2.45, 2.75) is 26.9 Å². The van der Waals surface area contributed by atoms with Gasteiger partial charge in [0.25, 0.3) is 0 Å². The van der Waals surface area contributed by atoms with Gasteiger partial charge in [0, 0.05) is 17.4 Å². The van der Waals surface area contributed by atoms with Crippen LogP contribution in [0.2, 0.25) is 5.02 Å². The van der Waals surface area contributed by atoms with Crippen molar-refractivity contribution in [1.29, 1.82) is 0 Å². The summed E-state index contributed by atoms with van der Waals surface area (Å²) in [6.07, 6.45) is 7.22. The molecule has 0 fully saturated rings. The molecule has 0 amide bonds. The van der Waals surface area contributed by atoms with E-state index < -0.39 is 0 Å². The topological polar surface area (TPSA) is 78.2 Å². The summed E-state index contributed by atoms with van der Waals surface area (Å²) in [6.45, 7) is 6.23. The van der Waals surface area contributed by atoms with E-state index in [1.54, 1.807) is 17.1 Å². The molecule has 35 heavy (non-hydrogen) atoms. The molecule has 2 N–H and O–H groups in total. The van der Waals surface area contributed by atoms with E-state index in [4.69, 9.17) is 33.3 Å². The predicted molar refractivity (Wildman–Crippen MR) is 143 cm³/mol. The third-order valence-corrected chi connectivity index (χ3v) is 5.60. The summed E-state index contributed by atoms with van der Waals surface area (Å²) in [4.78, 5) is 0. The zero-order chi connectivity index (χ0) is 24.6. The van der Waals surface area contributed by atoms with Crippen LogP contribution in [0.5, 0.6) is 11.5 Å². The zero-order valence-corrected chi connectivity index (χ0v) is 21.1. The maximum absolute atomic E-state index is 6.24. The van der Waals surface area contributed by atoms with Crippen molar-refractivity contribution < 1.29 is 9.47 Å². The molecule has 182 valence electrons. The summed E-state index contributed by atoms with van der Waals surface area (Å²) in [6, 6.07) is 13.6. The molecule has 10 heteroatoms. The number of thiocarbonyl (C=S) groups is 1. The maximum Gasteiger partial charge on any atom is 0.175 e. The van der Waals surface area contributed by atoms with Crippen molar-refractivity contribution in [2.75, 3.05) is 23.8 Å². The van der Waals surface area contributed by atoms with E-state index in [1.807, 2.05) is 73.4 Å². The molecular weight excluding hydrogens is 484 g/mol. The smallest absolute Gasteiger partial charge is 0.175 e. The molecule has 0 aliphatic carbocycles. The molecular formula is C25H27ClN6O2S. The van der Waals surface area contributed by atoms with Crippen LogP contribution >= 0.6 is 23.8 Å². The minimum absolute atomic E-state index is 0.446. The second-order valence-electron chi connectivity index (χ2n) is 7.67. The molecule has 0 radical (unpaired) electrons. The minimum Gasteiger partial charge on any atom is -0.490 e. The van der Waals surface area contributed by atoms with Gasteiger partial charge in [-0.3, -0.25) is 9.36 Å². The second-order valence-corrected chi connectivity index (χ2v) is 8.49. The van der Waals surface area contributed by atoms with Crippen LogP contribution in [0.25, 0.3) is 0 Å². The maximum atomic E-state index is 6.24. The van der Waals surface area contributed by atoms with E-state index in [0.29, 0.717) is 36.4 Å². The first-order valence-electron chi connectivity index (χ1n) is 11.3. The fourth-order valence-corrected chi connectivity index (χ4v) is 3.94. The molecule has 2 heterocycles. The van der Waals surface area contributed by atoms with Gasteiger partial charge in [0.15, 0.2) is 16.6 Å². The molecule has 8 nitrogen and oxygen atoms in total. The van der Waals surface area contributed by atoms with Gasteiger partial charge in [-0.05, 0) is 55.4 Å². The van der Waals surface area contributed by atoms with Gasteiger partial charge in [0.2, 0.25) is 0 Å². The minimum atomic E-state index is 0.446. The summed E-state index contributed by atoms with van der Waals surface area (Å²) < 4.78 is 15.0. The number of halogens is 1. The average molecular weight is 511 g/mol. The number of nitrogens with zero attached hydrogens (tertiary/aromatic N) is 4. The predicted octanol–water partition coefficient (Wildman–Crippen LogP) is 5.44. The first-order valence-corrected chi connectivity index (χ1v) is 12.1. The first kappa shape index (κ1) is 24.6. The van der Waals surface area contributed by atoms with Crippen molar-refractivity contribution in [2.24, 2.45) is 0 Å².